The van der Waals surface area contributed by atoms with Crippen LogP contribution in [0.2, 0.25) is 5.02 Å². The molecule has 2 amide bonds. The molecule has 0 aliphatic carbocycles. The number of anilines is 2. The molecule has 2 aliphatic heterocycles. The van der Waals surface area contributed by atoms with Crippen LogP contribution >= 0.6 is 11.6 Å². The van der Waals surface area contributed by atoms with E-state index in [0.29, 0.717) is 36.8 Å². The highest BCUT2D eigenvalue weighted by Gasteiger charge is 2.31. The molecule has 0 saturated carbocycles. The van der Waals surface area contributed by atoms with Crippen LogP contribution < -0.4 is 9.80 Å². The summed E-state index contributed by atoms with van der Waals surface area (Å²) >= 11 is 6.13. The van der Waals surface area contributed by atoms with Gasteiger partial charge >= 0.3 is 6.09 Å². The third kappa shape index (κ3) is 6.58. The summed E-state index contributed by atoms with van der Waals surface area (Å²) in [7, 11) is 0. The molecule has 2 aliphatic rings. The van der Waals surface area contributed by atoms with Gasteiger partial charge in [-0.25, -0.2) is 4.79 Å². The average Bonchev–Trinajstić information content (AvgIpc) is 2.87. The lowest BCUT2D eigenvalue weighted by Crippen LogP contribution is -2.51. The van der Waals surface area contributed by atoms with E-state index in [9.17, 15) is 9.59 Å². The molecular formula is C29H37ClN4O3. The lowest BCUT2D eigenvalue weighted by molar-refractivity contribution is -0.127. The molecular weight excluding hydrogens is 488 g/mol. The third-order valence-electron chi connectivity index (χ3n) is 6.77. The van der Waals surface area contributed by atoms with Gasteiger partial charge in [0.15, 0.2) is 0 Å². The number of carbonyl (C=O) groups is 2. The van der Waals surface area contributed by atoms with E-state index in [0.717, 1.165) is 36.6 Å². The first kappa shape index (κ1) is 26.9. The highest BCUT2D eigenvalue weighted by atomic mass is 35.5. The molecule has 0 N–H and O–H groups in total. The first-order valence-electron chi connectivity index (χ1n) is 12.8. The van der Waals surface area contributed by atoms with Gasteiger partial charge in [-0.15, -0.1) is 0 Å². The van der Waals surface area contributed by atoms with E-state index in [1.54, 1.807) is 11.8 Å². The van der Waals surface area contributed by atoms with Crippen LogP contribution in [0.15, 0.2) is 60.7 Å². The van der Waals surface area contributed by atoms with Gasteiger partial charge in [0.2, 0.25) is 5.91 Å². The van der Waals surface area contributed by atoms with Gasteiger partial charge in [0.1, 0.15) is 5.60 Å². The Balaban J connectivity index is 1.48. The number of halogens is 1. The number of nitrogens with zero attached hydrogens (tertiary/aromatic N) is 4. The zero-order valence-corrected chi connectivity index (χ0v) is 23.0. The Labute approximate surface area is 225 Å². The highest BCUT2D eigenvalue weighted by molar-refractivity contribution is 6.30. The van der Waals surface area contributed by atoms with E-state index < -0.39 is 5.60 Å². The Hall–Kier alpha value is -3.19. The monoisotopic (exact) mass is 524 g/mol. The van der Waals surface area contributed by atoms with Crippen LogP contribution in [-0.2, 0) is 9.53 Å². The number of piperazine rings is 2. The fourth-order valence-electron chi connectivity index (χ4n) is 4.85. The number of benzene rings is 2. The summed E-state index contributed by atoms with van der Waals surface area (Å²) in [5.41, 5.74) is 3.41. The number of carbonyl (C=O) groups excluding carboxylic acids is 2. The Kier molecular flexibility index (Phi) is 8.02. The molecule has 0 radical (unpaired) electrons. The van der Waals surface area contributed by atoms with Crippen LogP contribution in [0, 0.1) is 0 Å². The lowest BCUT2D eigenvalue weighted by Gasteiger charge is -2.43. The lowest BCUT2D eigenvalue weighted by atomic mass is 10.00. The molecule has 37 heavy (non-hydrogen) atoms. The predicted octanol–water partition coefficient (Wildman–Crippen LogP) is 5.36. The molecule has 2 aromatic rings. The predicted molar refractivity (Wildman–Crippen MR) is 149 cm³/mol. The van der Waals surface area contributed by atoms with E-state index in [1.165, 1.54) is 0 Å². The van der Waals surface area contributed by atoms with Crippen LogP contribution in [0.25, 0.3) is 0 Å². The second-order valence-electron chi connectivity index (χ2n) is 10.8. The highest BCUT2D eigenvalue weighted by Crippen LogP contribution is 2.33. The maximum atomic E-state index is 12.7. The Bertz CT molecular complexity index is 1120. The van der Waals surface area contributed by atoms with Crippen molar-refractivity contribution in [2.24, 2.45) is 0 Å². The molecule has 0 spiro atoms. The second-order valence-corrected chi connectivity index (χ2v) is 11.2. The smallest absolute Gasteiger partial charge is 0.410 e. The summed E-state index contributed by atoms with van der Waals surface area (Å²) in [4.78, 5) is 33.4. The Morgan fingerprint density at radius 1 is 0.865 bits per heavy atom. The van der Waals surface area contributed by atoms with E-state index in [4.69, 9.17) is 16.3 Å². The van der Waals surface area contributed by atoms with Gasteiger partial charge in [-0.1, -0.05) is 30.3 Å². The minimum absolute atomic E-state index is 0.000217. The van der Waals surface area contributed by atoms with Crippen LogP contribution in [0.1, 0.15) is 39.3 Å². The van der Waals surface area contributed by atoms with Crippen molar-refractivity contribution in [1.82, 2.24) is 9.80 Å². The Morgan fingerprint density at radius 3 is 2.00 bits per heavy atom. The number of hydrogen-bond acceptors (Lipinski definition) is 5. The van der Waals surface area contributed by atoms with Crippen molar-refractivity contribution in [2.75, 3.05) is 55.6 Å². The van der Waals surface area contributed by atoms with Gasteiger partial charge in [0, 0.05) is 67.8 Å². The van der Waals surface area contributed by atoms with Crippen molar-refractivity contribution < 1.29 is 14.3 Å². The van der Waals surface area contributed by atoms with Gasteiger partial charge < -0.3 is 24.3 Å². The number of rotatable bonds is 4. The second kappa shape index (κ2) is 11.1. The summed E-state index contributed by atoms with van der Waals surface area (Å²) in [6.45, 7) is 16.0. The summed E-state index contributed by atoms with van der Waals surface area (Å²) in [6, 6.07) is 16.5. The van der Waals surface area contributed by atoms with Crippen molar-refractivity contribution >= 4 is 35.0 Å². The topological polar surface area (TPSA) is 56.3 Å². The largest absolute Gasteiger partial charge is 0.444 e. The fraction of sp³-hybridized carbons (Fsp3) is 0.448. The van der Waals surface area contributed by atoms with E-state index in [1.807, 2.05) is 49.9 Å². The average molecular weight is 525 g/mol. The van der Waals surface area contributed by atoms with E-state index in [-0.39, 0.29) is 18.0 Å². The molecule has 198 valence electrons. The zero-order valence-electron chi connectivity index (χ0n) is 22.2. The molecule has 0 aromatic heterocycles. The Morgan fingerprint density at radius 2 is 1.43 bits per heavy atom. The van der Waals surface area contributed by atoms with Crippen LogP contribution in [-0.4, -0.2) is 73.2 Å². The van der Waals surface area contributed by atoms with Gasteiger partial charge in [0.05, 0.1) is 6.04 Å². The minimum Gasteiger partial charge on any atom is -0.444 e. The van der Waals surface area contributed by atoms with Crippen molar-refractivity contribution in [2.45, 2.75) is 39.3 Å². The number of ether oxygens (including phenoxy) is 1. The van der Waals surface area contributed by atoms with Crippen molar-refractivity contribution in [3.8, 4) is 0 Å². The summed E-state index contributed by atoms with van der Waals surface area (Å²) in [5, 5.41) is 0.701. The van der Waals surface area contributed by atoms with E-state index >= 15 is 0 Å². The van der Waals surface area contributed by atoms with Gasteiger partial charge in [0.25, 0.3) is 0 Å². The summed E-state index contributed by atoms with van der Waals surface area (Å²) in [5.74, 6) is 0.000217. The first-order chi connectivity index (χ1) is 17.5. The number of hydrogen-bond donors (Lipinski definition) is 0. The van der Waals surface area contributed by atoms with Crippen molar-refractivity contribution in [3.63, 3.8) is 0 Å². The molecule has 2 fully saturated rings. The molecule has 0 bridgehead atoms. The molecule has 1 atom stereocenters. The van der Waals surface area contributed by atoms with Gasteiger partial charge in [-0.05, 0) is 69.7 Å². The molecule has 4 rings (SSSR count). The van der Waals surface area contributed by atoms with Crippen LogP contribution in [0.5, 0.6) is 0 Å². The van der Waals surface area contributed by atoms with Gasteiger partial charge in [-0.3, -0.25) is 4.79 Å². The SMILES string of the molecule is C=C(C)C(=O)N1CCN(c2ccc(Cl)cc2)[C@H](c2ccc(N3CCN(C(=O)OC(C)(C)C)CC3)cc2)C1. The fourth-order valence-corrected chi connectivity index (χ4v) is 4.97. The number of amides is 2. The molecule has 8 heteroatoms. The molecule has 2 aromatic carbocycles. The van der Waals surface area contributed by atoms with Gasteiger partial charge in [-0.2, -0.15) is 0 Å². The quantitative estimate of drug-likeness (QED) is 0.504. The van der Waals surface area contributed by atoms with Crippen LogP contribution in [0.3, 0.4) is 0 Å². The van der Waals surface area contributed by atoms with E-state index in [2.05, 4.69) is 40.6 Å². The maximum Gasteiger partial charge on any atom is 0.410 e. The van der Waals surface area contributed by atoms with Crippen molar-refractivity contribution in [1.29, 1.82) is 0 Å². The molecule has 2 saturated heterocycles. The molecule has 2 heterocycles. The third-order valence-corrected chi connectivity index (χ3v) is 7.02. The first-order valence-corrected chi connectivity index (χ1v) is 13.2. The minimum atomic E-state index is -0.492. The normalized spacial score (nSPS) is 18.6. The maximum absolute atomic E-state index is 12.7. The summed E-state index contributed by atoms with van der Waals surface area (Å²) in [6.07, 6.45) is -0.254. The van der Waals surface area contributed by atoms with Crippen molar-refractivity contribution in [3.05, 3.63) is 71.3 Å². The van der Waals surface area contributed by atoms with Crippen LogP contribution in [0.4, 0.5) is 16.2 Å². The molecule has 7 nitrogen and oxygen atoms in total. The zero-order chi connectivity index (χ0) is 26.7. The standard InChI is InChI=1S/C29H37ClN4O3/c1-21(2)27(35)33-18-19-34(25-12-8-23(30)9-13-25)26(20-33)22-6-10-24(11-7-22)31-14-16-32(17-15-31)28(36)37-29(3,4)5/h6-13,26H,1,14-20H2,2-5H3/t26-/m0/s1. The molecule has 0 unspecified atom stereocenters. The summed E-state index contributed by atoms with van der Waals surface area (Å²) < 4.78 is 5.52.